The number of carbonyl (C=O) groups excluding carboxylic acids is 2. The predicted molar refractivity (Wildman–Crippen MR) is 92.2 cm³/mol. The van der Waals surface area contributed by atoms with Crippen LogP contribution in [0.5, 0.6) is 5.75 Å². The van der Waals surface area contributed by atoms with Crippen LogP contribution < -0.4 is 10.1 Å². The van der Waals surface area contributed by atoms with Gasteiger partial charge in [0, 0.05) is 5.69 Å². The summed E-state index contributed by atoms with van der Waals surface area (Å²) in [6.45, 7) is 5.20. The van der Waals surface area contributed by atoms with Crippen molar-refractivity contribution in [3.05, 3.63) is 59.2 Å². The maximum Gasteiger partial charge on any atom is 0.344 e. The van der Waals surface area contributed by atoms with Gasteiger partial charge < -0.3 is 14.8 Å². The monoisotopic (exact) mass is 327 g/mol. The predicted octanol–water partition coefficient (Wildman–Crippen LogP) is 3.17. The van der Waals surface area contributed by atoms with Gasteiger partial charge in [-0.15, -0.1) is 0 Å². The van der Waals surface area contributed by atoms with Gasteiger partial charge in [-0.1, -0.05) is 35.9 Å². The number of esters is 1. The van der Waals surface area contributed by atoms with Crippen LogP contribution in [0.25, 0.3) is 0 Å². The standard InChI is InChI=1S/C19H21NO4/c1-13-8-9-16(15(3)10-13)20-18(21)11-24-19(22)12-23-17-7-5-4-6-14(17)2/h4-10H,11-12H2,1-3H3,(H,20,21). The van der Waals surface area contributed by atoms with Crippen LogP contribution >= 0.6 is 0 Å². The molecule has 0 aliphatic rings. The molecule has 126 valence electrons. The van der Waals surface area contributed by atoms with Gasteiger partial charge in [0.2, 0.25) is 0 Å². The quantitative estimate of drug-likeness (QED) is 0.828. The molecule has 5 nitrogen and oxygen atoms in total. The molecule has 0 fully saturated rings. The second-order valence-electron chi connectivity index (χ2n) is 5.58. The Bertz CT molecular complexity index is 740. The number of ether oxygens (including phenoxy) is 2. The van der Waals surface area contributed by atoms with E-state index in [2.05, 4.69) is 5.32 Å². The van der Waals surface area contributed by atoms with Crippen LogP contribution in [0, 0.1) is 20.8 Å². The highest BCUT2D eigenvalue weighted by molar-refractivity contribution is 5.93. The first-order valence-electron chi connectivity index (χ1n) is 7.67. The Morgan fingerprint density at radius 1 is 0.958 bits per heavy atom. The van der Waals surface area contributed by atoms with Crippen molar-refractivity contribution in [3.63, 3.8) is 0 Å². The van der Waals surface area contributed by atoms with E-state index in [1.165, 1.54) is 0 Å². The molecule has 1 amide bonds. The normalized spacial score (nSPS) is 10.1. The molecule has 0 spiro atoms. The van der Waals surface area contributed by atoms with Crippen LogP contribution in [0.4, 0.5) is 5.69 Å². The van der Waals surface area contributed by atoms with Gasteiger partial charge >= 0.3 is 5.97 Å². The zero-order valence-electron chi connectivity index (χ0n) is 14.1. The lowest BCUT2D eigenvalue weighted by Gasteiger charge is -2.10. The molecule has 1 N–H and O–H groups in total. The minimum atomic E-state index is -0.589. The Morgan fingerprint density at radius 2 is 1.71 bits per heavy atom. The highest BCUT2D eigenvalue weighted by atomic mass is 16.6. The van der Waals surface area contributed by atoms with E-state index in [-0.39, 0.29) is 19.1 Å². The van der Waals surface area contributed by atoms with Crippen LogP contribution in [0.2, 0.25) is 0 Å². The summed E-state index contributed by atoms with van der Waals surface area (Å²) < 4.78 is 10.3. The Kier molecular flexibility index (Phi) is 5.95. The Labute approximate surface area is 141 Å². The molecule has 0 unspecified atom stereocenters. The second kappa shape index (κ2) is 8.15. The molecule has 2 rings (SSSR count). The maximum absolute atomic E-state index is 11.9. The topological polar surface area (TPSA) is 64.6 Å². The summed E-state index contributed by atoms with van der Waals surface area (Å²) in [4.78, 5) is 23.5. The molecule has 2 aromatic rings. The molecule has 0 aromatic heterocycles. The van der Waals surface area contributed by atoms with E-state index in [4.69, 9.17) is 9.47 Å². The summed E-state index contributed by atoms with van der Waals surface area (Å²) in [5, 5.41) is 2.72. The van der Waals surface area contributed by atoms with Gasteiger partial charge in [0.1, 0.15) is 5.75 Å². The third-order valence-corrected chi connectivity index (χ3v) is 3.46. The summed E-state index contributed by atoms with van der Waals surface area (Å²) in [6.07, 6.45) is 0. The number of amides is 1. The summed E-state index contributed by atoms with van der Waals surface area (Å²) in [5.74, 6) is -0.352. The zero-order valence-corrected chi connectivity index (χ0v) is 14.1. The Morgan fingerprint density at radius 3 is 2.42 bits per heavy atom. The molecular weight excluding hydrogens is 306 g/mol. The van der Waals surface area contributed by atoms with Gasteiger partial charge in [-0.2, -0.15) is 0 Å². The first-order chi connectivity index (χ1) is 11.5. The van der Waals surface area contributed by atoms with E-state index < -0.39 is 5.97 Å². The molecular formula is C19H21NO4. The summed E-state index contributed by atoms with van der Waals surface area (Å²) in [6, 6.07) is 13.1. The molecule has 0 radical (unpaired) electrons. The summed E-state index contributed by atoms with van der Waals surface area (Å²) in [5.41, 5.74) is 3.71. The fourth-order valence-electron chi connectivity index (χ4n) is 2.18. The number of hydrogen-bond acceptors (Lipinski definition) is 4. The third kappa shape index (κ3) is 5.12. The molecule has 0 aliphatic carbocycles. The molecule has 0 aliphatic heterocycles. The van der Waals surface area contributed by atoms with Crippen molar-refractivity contribution in [2.24, 2.45) is 0 Å². The van der Waals surface area contributed by atoms with Gasteiger partial charge in [0.25, 0.3) is 5.91 Å². The highest BCUT2D eigenvalue weighted by Gasteiger charge is 2.10. The van der Waals surface area contributed by atoms with Gasteiger partial charge in [-0.3, -0.25) is 4.79 Å². The number of aryl methyl sites for hydroxylation is 3. The number of para-hydroxylation sites is 1. The van der Waals surface area contributed by atoms with E-state index in [9.17, 15) is 9.59 Å². The van der Waals surface area contributed by atoms with Crippen molar-refractivity contribution < 1.29 is 19.1 Å². The fraction of sp³-hybridized carbons (Fsp3) is 0.263. The number of nitrogens with one attached hydrogen (secondary N) is 1. The van der Waals surface area contributed by atoms with Crippen LogP contribution in [0.15, 0.2) is 42.5 Å². The van der Waals surface area contributed by atoms with Crippen LogP contribution in [-0.4, -0.2) is 25.1 Å². The number of anilines is 1. The number of benzene rings is 2. The largest absolute Gasteiger partial charge is 0.482 e. The van der Waals surface area contributed by atoms with Crippen molar-refractivity contribution in [1.29, 1.82) is 0 Å². The van der Waals surface area contributed by atoms with Gasteiger partial charge in [-0.05, 0) is 44.0 Å². The van der Waals surface area contributed by atoms with Gasteiger partial charge in [-0.25, -0.2) is 4.79 Å². The minimum Gasteiger partial charge on any atom is -0.482 e. The van der Waals surface area contributed by atoms with Crippen molar-refractivity contribution in [1.82, 2.24) is 0 Å². The van der Waals surface area contributed by atoms with Crippen molar-refractivity contribution in [3.8, 4) is 5.75 Å². The first-order valence-corrected chi connectivity index (χ1v) is 7.67. The number of rotatable bonds is 6. The van der Waals surface area contributed by atoms with E-state index in [0.717, 1.165) is 16.7 Å². The van der Waals surface area contributed by atoms with Crippen molar-refractivity contribution in [2.45, 2.75) is 20.8 Å². The van der Waals surface area contributed by atoms with Crippen LogP contribution in [0.1, 0.15) is 16.7 Å². The maximum atomic E-state index is 11.9. The minimum absolute atomic E-state index is 0.234. The molecule has 2 aromatic carbocycles. The molecule has 0 heterocycles. The van der Waals surface area contributed by atoms with Crippen molar-refractivity contribution in [2.75, 3.05) is 18.5 Å². The average Bonchev–Trinajstić information content (AvgIpc) is 2.55. The van der Waals surface area contributed by atoms with Crippen LogP contribution in [0.3, 0.4) is 0 Å². The first kappa shape index (κ1) is 17.5. The Hall–Kier alpha value is -2.82. The molecule has 5 heteroatoms. The fourth-order valence-corrected chi connectivity index (χ4v) is 2.18. The van der Waals surface area contributed by atoms with Gasteiger partial charge in [0.15, 0.2) is 13.2 Å². The molecule has 0 saturated carbocycles. The molecule has 0 saturated heterocycles. The van der Waals surface area contributed by atoms with Crippen molar-refractivity contribution >= 4 is 17.6 Å². The van der Waals surface area contributed by atoms with E-state index in [1.54, 1.807) is 6.07 Å². The smallest absolute Gasteiger partial charge is 0.344 e. The zero-order chi connectivity index (χ0) is 17.5. The van der Waals surface area contributed by atoms with Crippen LogP contribution in [-0.2, 0) is 14.3 Å². The van der Waals surface area contributed by atoms with E-state index >= 15 is 0 Å². The number of hydrogen-bond donors (Lipinski definition) is 1. The van der Waals surface area contributed by atoms with E-state index in [1.807, 2.05) is 57.2 Å². The molecule has 0 atom stereocenters. The second-order valence-corrected chi connectivity index (χ2v) is 5.58. The number of carbonyl (C=O) groups is 2. The summed E-state index contributed by atoms with van der Waals surface area (Å²) >= 11 is 0. The average molecular weight is 327 g/mol. The summed E-state index contributed by atoms with van der Waals surface area (Å²) in [7, 11) is 0. The highest BCUT2D eigenvalue weighted by Crippen LogP contribution is 2.16. The molecule has 0 bridgehead atoms. The lowest BCUT2D eigenvalue weighted by molar-refractivity contribution is -0.149. The Balaban J connectivity index is 1.77. The lowest BCUT2D eigenvalue weighted by atomic mass is 10.1. The lowest BCUT2D eigenvalue weighted by Crippen LogP contribution is -2.24. The third-order valence-electron chi connectivity index (χ3n) is 3.46. The van der Waals surface area contributed by atoms with E-state index in [0.29, 0.717) is 11.4 Å². The SMILES string of the molecule is Cc1ccc(NC(=O)COC(=O)COc2ccccc2C)c(C)c1. The molecule has 24 heavy (non-hydrogen) atoms. The van der Waals surface area contributed by atoms with Gasteiger partial charge in [0.05, 0.1) is 0 Å².